The van der Waals surface area contributed by atoms with Gasteiger partial charge in [-0.05, 0) is 42.8 Å². The summed E-state index contributed by atoms with van der Waals surface area (Å²) >= 11 is 6.44. The van der Waals surface area contributed by atoms with Crippen molar-refractivity contribution in [3.8, 4) is 0 Å². The number of benzene rings is 2. The summed E-state index contributed by atoms with van der Waals surface area (Å²) in [7, 11) is -3.27. The fourth-order valence-corrected chi connectivity index (χ4v) is 3.67. The Kier molecular flexibility index (Phi) is 6.20. The summed E-state index contributed by atoms with van der Waals surface area (Å²) in [5.41, 5.74) is 2.95. The first-order valence-corrected chi connectivity index (χ1v) is 11.1. The molecule has 29 heavy (non-hydrogen) atoms. The molecule has 6 nitrogen and oxygen atoms in total. The van der Waals surface area contributed by atoms with Crippen LogP contribution < -0.4 is 5.32 Å². The highest BCUT2D eigenvalue weighted by atomic mass is 35.5. The zero-order valence-corrected chi connectivity index (χ0v) is 17.5. The Labute approximate surface area is 174 Å². The molecule has 0 saturated carbocycles. The normalized spacial score (nSPS) is 11.7. The SMILES string of the molecule is Cc1nn(Cc2ccccc2)c(Cl)c1/C=C/C(=O)Nc1ccc(S(C)(=O)=O)cc1. The zero-order chi connectivity index (χ0) is 21.0. The first-order chi connectivity index (χ1) is 13.7. The Bertz CT molecular complexity index is 1150. The lowest BCUT2D eigenvalue weighted by Crippen LogP contribution is -2.08. The van der Waals surface area contributed by atoms with Gasteiger partial charge < -0.3 is 5.32 Å². The number of hydrogen-bond donors (Lipinski definition) is 1. The average Bonchev–Trinajstić information content (AvgIpc) is 2.93. The summed E-state index contributed by atoms with van der Waals surface area (Å²) in [5.74, 6) is -0.358. The van der Waals surface area contributed by atoms with Gasteiger partial charge in [-0.2, -0.15) is 5.10 Å². The summed E-state index contributed by atoms with van der Waals surface area (Å²) < 4.78 is 24.7. The smallest absolute Gasteiger partial charge is 0.248 e. The van der Waals surface area contributed by atoms with Crippen molar-refractivity contribution in [2.24, 2.45) is 0 Å². The number of nitrogens with zero attached hydrogens (tertiary/aromatic N) is 2. The van der Waals surface area contributed by atoms with Crippen molar-refractivity contribution < 1.29 is 13.2 Å². The maximum absolute atomic E-state index is 12.2. The Morgan fingerprint density at radius 1 is 1.14 bits per heavy atom. The van der Waals surface area contributed by atoms with E-state index in [9.17, 15) is 13.2 Å². The summed E-state index contributed by atoms with van der Waals surface area (Å²) in [5, 5.41) is 7.58. The van der Waals surface area contributed by atoms with E-state index in [1.807, 2.05) is 37.3 Å². The van der Waals surface area contributed by atoms with E-state index < -0.39 is 9.84 Å². The minimum Gasteiger partial charge on any atom is -0.323 e. The summed E-state index contributed by atoms with van der Waals surface area (Å²) in [6.45, 7) is 2.36. The van der Waals surface area contributed by atoms with Crippen LogP contribution in [0.3, 0.4) is 0 Å². The minimum absolute atomic E-state index is 0.194. The number of sulfone groups is 1. The van der Waals surface area contributed by atoms with Gasteiger partial charge in [0.2, 0.25) is 5.91 Å². The first-order valence-electron chi connectivity index (χ1n) is 8.80. The van der Waals surface area contributed by atoms with E-state index in [1.165, 1.54) is 30.3 Å². The van der Waals surface area contributed by atoms with Gasteiger partial charge in [0.05, 0.1) is 17.1 Å². The number of aromatic nitrogens is 2. The van der Waals surface area contributed by atoms with Gasteiger partial charge in [-0.1, -0.05) is 41.9 Å². The predicted octanol–water partition coefficient (Wildman–Crippen LogP) is 3.95. The van der Waals surface area contributed by atoms with Crippen LogP contribution in [0, 0.1) is 6.92 Å². The minimum atomic E-state index is -3.27. The van der Waals surface area contributed by atoms with Gasteiger partial charge in [-0.3, -0.25) is 4.79 Å². The Balaban J connectivity index is 1.70. The molecule has 0 radical (unpaired) electrons. The van der Waals surface area contributed by atoms with Crippen molar-refractivity contribution in [1.29, 1.82) is 0 Å². The highest BCUT2D eigenvalue weighted by molar-refractivity contribution is 7.90. The molecule has 0 unspecified atom stereocenters. The van der Waals surface area contributed by atoms with Gasteiger partial charge >= 0.3 is 0 Å². The highest BCUT2D eigenvalue weighted by Crippen LogP contribution is 2.22. The van der Waals surface area contributed by atoms with E-state index in [2.05, 4.69) is 10.4 Å². The zero-order valence-electron chi connectivity index (χ0n) is 16.0. The van der Waals surface area contributed by atoms with Crippen LogP contribution in [0.1, 0.15) is 16.8 Å². The second-order valence-electron chi connectivity index (χ2n) is 6.55. The van der Waals surface area contributed by atoms with Crippen LogP contribution >= 0.6 is 11.6 Å². The van der Waals surface area contributed by atoms with Crippen LogP contribution in [0.5, 0.6) is 0 Å². The second kappa shape index (κ2) is 8.63. The molecule has 0 atom stereocenters. The molecule has 0 aliphatic heterocycles. The molecular formula is C21H20ClN3O3S. The fourth-order valence-electron chi connectivity index (χ4n) is 2.75. The molecular weight excluding hydrogens is 410 g/mol. The van der Waals surface area contributed by atoms with Crippen LogP contribution in [0.15, 0.2) is 65.6 Å². The van der Waals surface area contributed by atoms with Crippen molar-refractivity contribution in [2.75, 3.05) is 11.6 Å². The van der Waals surface area contributed by atoms with Crippen LogP contribution in [0.2, 0.25) is 5.15 Å². The number of carbonyl (C=O) groups is 1. The largest absolute Gasteiger partial charge is 0.323 e. The molecule has 1 N–H and O–H groups in total. The monoisotopic (exact) mass is 429 g/mol. The number of nitrogens with one attached hydrogen (secondary N) is 1. The maximum Gasteiger partial charge on any atom is 0.248 e. The molecule has 0 bridgehead atoms. The number of amides is 1. The molecule has 0 aliphatic rings. The van der Waals surface area contributed by atoms with E-state index in [0.29, 0.717) is 28.6 Å². The van der Waals surface area contributed by atoms with Gasteiger partial charge in [0.15, 0.2) is 9.84 Å². The molecule has 1 heterocycles. The number of halogens is 1. The Morgan fingerprint density at radius 3 is 2.41 bits per heavy atom. The molecule has 1 amide bonds. The third-order valence-corrected chi connectivity index (χ3v) is 5.76. The molecule has 150 valence electrons. The fraction of sp³-hybridized carbons (Fsp3) is 0.143. The molecule has 3 rings (SSSR count). The van der Waals surface area contributed by atoms with E-state index in [4.69, 9.17) is 11.6 Å². The molecule has 0 aliphatic carbocycles. The lowest BCUT2D eigenvalue weighted by atomic mass is 10.2. The van der Waals surface area contributed by atoms with Gasteiger partial charge in [0, 0.05) is 23.6 Å². The molecule has 0 spiro atoms. The number of aryl methyl sites for hydroxylation is 1. The highest BCUT2D eigenvalue weighted by Gasteiger charge is 2.12. The van der Waals surface area contributed by atoms with Crippen LogP contribution in [0.25, 0.3) is 6.08 Å². The lowest BCUT2D eigenvalue weighted by Gasteiger charge is -2.04. The third-order valence-electron chi connectivity index (χ3n) is 4.24. The summed E-state index contributed by atoms with van der Waals surface area (Å²) in [4.78, 5) is 12.4. The van der Waals surface area contributed by atoms with Crippen molar-refractivity contribution in [3.05, 3.63) is 82.6 Å². The summed E-state index contributed by atoms with van der Waals surface area (Å²) in [6, 6.07) is 15.8. The molecule has 0 fully saturated rings. The Hall–Kier alpha value is -2.90. The van der Waals surface area contributed by atoms with E-state index in [1.54, 1.807) is 10.8 Å². The molecule has 8 heteroatoms. The molecule has 3 aromatic rings. The quantitative estimate of drug-likeness (QED) is 0.601. The molecule has 1 aromatic heterocycles. The van der Waals surface area contributed by atoms with Gasteiger partial charge in [0.25, 0.3) is 0 Å². The van der Waals surface area contributed by atoms with Crippen molar-refractivity contribution in [1.82, 2.24) is 9.78 Å². The number of carbonyl (C=O) groups excluding carboxylic acids is 1. The number of anilines is 1. The van der Waals surface area contributed by atoms with Crippen LogP contribution in [0.4, 0.5) is 5.69 Å². The topological polar surface area (TPSA) is 81.1 Å². The second-order valence-corrected chi connectivity index (χ2v) is 8.93. The van der Waals surface area contributed by atoms with Gasteiger partial charge in [0.1, 0.15) is 5.15 Å². The molecule has 0 saturated heterocycles. The lowest BCUT2D eigenvalue weighted by molar-refractivity contribution is -0.111. The average molecular weight is 430 g/mol. The van der Waals surface area contributed by atoms with Gasteiger partial charge in [-0.15, -0.1) is 0 Å². The van der Waals surface area contributed by atoms with E-state index >= 15 is 0 Å². The van der Waals surface area contributed by atoms with Crippen molar-refractivity contribution >= 4 is 39.1 Å². The van der Waals surface area contributed by atoms with Crippen LogP contribution in [-0.4, -0.2) is 30.4 Å². The summed E-state index contributed by atoms with van der Waals surface area (Å²) in [6.07, 6.45) is 4.12. The van der Waals surface area contributed by atoms with Crippen molar-refractivity contribution in [2.45, 2.75) is 18.4 Å². The predicted molar refractivity (Wildman–Crippen MR) is 115 cm³/mol. The van der Waals surface area contributed by atoms with E-state index in [0.717, 1.165) is 11.8 Å². The van der Waals surface area contributed by atoms with E-state index in [-0.39, 0.29) is 10.8 Å². The maximum atomic E-state index is 12.2. The Morgan fingerprint density at radius 2 is 1.79 bits per heavy atom. The van der Waals surface area contributed by atoms with Gasteiger partial charge in [-0.25, -0.2) is 13.1 Å². The third kappa shape index (κ3) is 5.34. The first kappa shape index (κ1) is 20.8. The van der Waals surface area contributed by atoms with Crippen LogP contribution in [-0.2, 0) is 21.2 Å². The van der Waals surface area contributed by atoms with Crippen molar-refractivity contribution in [3.63, 3.8) is 0 Å². The standard InChI is InChI=1S/C21H20ClN3O3S/c1-15-19(21(22)25(24-15)14-16-6-4-3-5-7-16)12-13-20(26)23-17-8-10-18(11-9-17)29(2,27)28/h3-13H,14H2,1-2H3,(H,23,26)/b13-12+. The molecule has 2 aromatic carbocycles. The number of hydrogen-bond acceptors (Lipinski definition) is 4. The number of rotatable bonds is 6.